The van der Waals surface area contributed by atoms with Crippen LogP contribution in [0.2, 0.25) is 0 Å². The second kappa shape index (κ2) is 11.1. The van der Waals surface area contributed by atoms with Gasteiger partial charge in [0.05, 0.1) is 11.9 Å². The number of sulfonamides is 1. The second-order valence-corrected chi connectivity index (χ2v) is 9.41. The van der Waals surface area contributed by atoms with Gasteiger partial charge >= 0.3 is 5.97 Å². The Morgan fingerprint density at radius 3 is 2.29 bits per heavy atom. The molecule has 1 fully saturated rings. The first-order valence-electron chi connectivity index (χ1n) is 10.3. The highest BCUT2D eigenvalue weighted by Gasteiger charge is 2.27. The van der Waals surface area contributed by atoms with Gasteiger partial charge in [-0.2, -0.15) is 4.31 Å². The Kier molecular flexibility index (Phi) is 8.18. The van der Waals surface area contributed by atoms with Crippen molar-refractivity contribution in [2.45, 2.75) is 0 Å². The average molecular weight is 494 g/mol. The van der Waals surface area contributed by atoms with E-state index in [9.17, 15) is 27.2 Å². The Morgan fingerprint density at radius 1 is 0.971 bits per heavy atom. The molecule has 0 saturated carbocycles. The molecule has 0 atom stereocenters. The third-order valence-electron chi connectivity index (χ3n) is 5.00. The van der Waals surface area contributed by atoms with Crippen molar-refractivity contribution < 1.29 is 36.7 Å². The molecule has 0 bridgehead atoms. The number of hydrogen-bond donors (Lipinski definition) is 1. The normalized spacial score (nSPS) is 14.4. The monoisotopic (exact) mass is 493 g/mol. The van der Waals surface area contributed by atoms with Crippen molar-refractivity contribution in [1.82, 2.24) is 9.21 Å². The number of hydrogen-bond acceptors (Lipinski definition) is 7. The van der Waals surface area contributed by atoms with Crippen LogP contribution in [0.1, 0.15) is 10.4 Å². The first kappa shape index (κ1) is 25.1. The summed E-state index contributed by atoms with van der Waals surface area (Å²) in [7, 11) is -3.32. The van der Waals surface area contributed by atoms with Gasteiger partial charge in [-0.3, -0.25) is 9.59 Å². The molecule has 182 valence electrons. The number of amides is 2. The van der Waals surface area contributed by atoms with Gasteiger partial charge in [0.15, 0.2) is 13.2 Å². The van der Waals surface area contributed by atoms with Crippen LogP contribution in [-0.2, 0) is 24.3 Å². The lowest BCUT2D eigenvalue weighted by Gasteiger charge is -2.33. The minimum absolute atomic E-state index is 0.000299. The Hall–Kier alpha value is -3.51. The molecular weight excluding hydrogens is 469 g/mol. The summed E-state index contributed by atoms with van der Waals surface area (Å²) in [6.07, 6.45) is 1.11. The minimum Gasteiger partial charge on any atom is -0.483 e. The van der Waals surface area contributed by atoms with Gasteiger partial charge in [0, 0.05) is 26.2 Å². The SMILES string of the molecule is CS(=O)(=O)N1CCN(C(=O)COC(=O)c2ccccc2OCC(=O)Nc2ccccc2F)CC1. The van der Waals surface area contributed by atoms with E-state index in [0.29, 0.717) is 0 Å². The molecule has 0 aliphatic carbocycles. The number of benzene rings is 2. The molecule has 2 aromatic carbocycles. The molecule has 1 aliphatic heterocycles. The van der Waals surface area contributed by atoms with E-state index in [1.165, 1.54) is 39.5 Å². The molecular formula is C22H24FN3O7S. The highest BCUT2D eigenvalue weighted by molar-refractivity contribution is 7.88. The van der Waals surface area contributed by atoms with Crippen molar-refractivity contribution in [1.29, 1.82) is 0 Å². The van der Waals surface area contributed by atoms with Crippen LogP contribution >= 0.6 is 0 Å². The molecule has 2 aromatic rings. The smallest absolute Gasteiger partial charge is 0.342 e. The van der Waals surface area contributed by atoms with Crippen LogP contribution in [0.15, 0.2) is 48.5 Å². The summed E-state index contributed by atoms with van der Waals surface area (Å²) in [5, 5.41) is 2.37. The quantitative estimate of drug-likeness (QED) is 0.547. The van der Waals surface area contributed by atoms with Gasteiger partial charge in [-0.1, -0.05) is 24.3 Å². The molecule has 0 radical (unpaired) electrons. The van der Waals surface area contributed by atoms with Gasteiger partial charge in [-0.05, 0) is 24.3 Å². The Balaban J connectivity index is 1.51. The largest absolute Gasteiger partial charge is 0.483 e. The lowest BCUT2D eigenvalue weighted by atomic mass is 10.2. The number of carbonyl (C=O) groups excluding carboxylic acids is 3. The minimum atomic E-state index is -3.32. The number of halogens is 1. The molecule has 3 rings (SSSR count). The zero-order chi connectivity index (χ0) is 24.7. The highest BCUT2D eigenvalue weighted by atomic mass is 32.2. The summed E-state index contributed by atoms with van der Waals surface area (Å²) in [6.45, 7) is -0.281. The Labute approximate surface area is 196 Å². The maximum atomic E-state index is 13.7. The standard InChI is InChI=1S/C22H24FN3O7S/c1-34(30,31)26-12-10-25(11-13-26)21(28)15-33-22(29)16-6-2-5-9-19(16)32-14-20(27)24-18-8-4-3-7-17(18)23/h2-9H,10-15H2,1H3,(H,24,27). The van der Waals surface area contributed by atoms with Gasteiger partial charge in [0.25, 0.3) is 11.8 Å². The van der Waals surface area contributed by atoms with Gasteiger partial charge in [0.2, 0.25) is 10.0 Å². The summed E-state index contributed by atoms with van der Waals surface area (Å²) in [6, 6.07) is 11.7. The fraction of sp³-hybridized carbons (Fsp3) is 0.318. The molecule has 1 aliphatic rings. The molecule has 2 amide bonds. The summed E-state index contributed by atoms with van der Waals surface area (Å²) in [5.41, 5.74) is 0.00978. The van der Waals surface area contributed by atoms with Crippen LogP contribution in [-0.4, -0.2) is 81.1 Å². The molecule has 1 N–H and O–H groups in total. The lowest BCUT2D eigenvalue weighted by Crippen LogP contribution is -2.51. The lowest BCUT2D eigenvalue weighted by molar-refractivity contribution is -0.135. The van der Waals surface area contributed by atoms with E-state index in [4.69, 9.17) is 9.47 Å². The van der Waals surface area contributed by atoms with E-state index in [1.807, 2.05) is 0 Å². The number of nitrogens with one attached hydrogen (secondary N) is 1. The molecule has 0 unspecified atom stereocenters. The van der Waals surface area contributed by atoms with E-state index in [-0.39, 0.29) is 43.2 Å². The van der Waals surface area contributed by atoms with E-state index in [1.54, 1.807) is 18.2 Å². The third-order valence-corrected chi connectivity index (χ3v) is 6.30. The third kappa shape index (κ3) is 6.75. The Bertz CT molecular complexity index is 1160. The first-order valence-corrected chi connectivity index (χ1v) is 12.2. The summed E-state index contributed by atoms with van der Waals surface area (Å²) < 4.78 is 48.6. The fourth-order valence-corrected chi connectivity index (χ4v) is 4.05. The van der Waals surface area contributed by atoms with Crippen LogP contribution in [0.4, 0.5) is 10.1 Å². The molecule has 0 aromatic heterocycles. The van der Waals surface area contributed by atoms with Crippen LogP contribution in [0, 0.1) is 5.82 Å². The van der Waals surface area contributed by atoms with Crippen LogP contribution in [0.25, 0.3) is 0 Å². The van der Waals surface area contributed by atoms with Crippen molar-refractivity contribution >= 4 is 33.5 Å². The number of ether oxygens (including phenoxy) is 2. The van der Waals surface area contributed by atoms with Crippen molar-refractivity contribution in [2.75, 3.05) is 51.0 Å². The van der Waals surface area contributed by atoms with Crippen molar-refractivity contribution in [2.24, 2.45) is 0 Å². The molecule has 1 heterocycles. The van der Waals surface area contributed by atoms with E-state index in [2.05, 4.69) is 5.32 Å². The number of nitrogens with zero attached hydrogens (tertiary/aromatic N) is 2. The highest BCUT2D eigenvalue weighted by Crippen LogP contribution is 2.20. The summed E-state index contributed by atoms with van der Waals surface area (Å²) in [5.74, 6) is -2.44. The number of anilines is 1. The van der Waals surface area contributed by atoms with Crippen LogP contribution in [0.5, 0.6) is 5.75 Å². The van der Waals surface area contributed by atoms with Gasteiger partial charge < -0.3 is 19.7 Å². The molecule has 0 spiro atoms. The van der Waals surface area contributed by atoms with Crippen LogP contribution in [0.3, 0.4) is 0 Å². The molecule has 34 heavy (non-hydrogen) atoms. The van der Waals surface area contributed by atoms with Crippen molar-refractivity contribution in [3.05, 3.63) is 59.9 Å². The average Bonchev–Trinajstić information content (AvgIpc) is 2.82. The zero-order valence-corrected chi connectivity index (χ0v) is 19.2. The predicted molar refractivity (Wildman–Crippen MR) is 120 cm³/mol. The van der Waals surface area contributed by atoms with Crippen LogP contribution < -0.4 is 10.1 Å². The van der Waals surface area contributed by atoms with E-state index in [0.717, 1.165) is 6.26 Å². The van der Waals surface area contributed by atoms with Crippen molar-refractivity contribution in [3.63, 3.8) is 0 Å². The number of rotatable bonds is 8. The van der Waals surface area contributed by atoms with Crippen molar-refractivity contribution in [3.8, 4) is 5.75 Å². The van der Waals surface area contributed by atoms with Gasteiger partial charge in [-0.25, -0.2) is 17.6 Å². The number of carbonyl (C=O) groups is 3. The second-order valence-electron chi connectivity index (χ2n) is 7.43. The summed E-state index contributed by atoms with van der Waals surface area (Å²) in [4.78, 5) is 38.4. The number of para-hydroxylation sites is 2. The summed E-state index contributed by atoms with van der Waals surface area (Å²) >= 11 is 0. The first-order chi connectivity index (χ1) is 16.1. The van der Waals surface area contributed by atoms with E-state index >= 15 is 0 Å². The number of piperazine rings is 1. The predicted octanol–water partition coefficient (Wildman–Crippen LogP) is 1.10. The van der Waals surface area contributed by atoms with Gasteiger partial charge in [0.1, 0.15) is 17.1 Å². The molecule has 12 heteroatoms. The Morgan fingerprint density at radius 2 is 1.62 bits per heavy atom. The maximum absolute atomic E-state index is 13.7. The molecule has 10 nitrogen and oxygen atoms in total. The maximum Gasteiger partial charge on any atom is 0.342 e. The van der Waals surface area contributed by atoms with Gasteiger partial charge in [-0.15, -0.1) is 0 Å². The fourth-order valence-electron chi connectivity index (χ4n) is 3.22. The molecule has 1 saturated heterocycles. The number of esters is 1. The zero-order valence-electron chi connectivity index (χ0n) is 18.4. The topological polar surface area (TPSA) is 122 Å². The van der Waals surface area contributed by atoms with E-state index < -0.39 is 46.8 Å².